The Bertz CT molecular complexity index is 1030. The van der Waals surface area contributed by atoms with Crippen molar-refractivity contribution in [3.05, 3.63) is 0 Å². The summed E-state index contributed by atoms with van der Waals surface area (Å²) < 4.78 is 0. The van der Waals surface area contributed by atoms with Gasteiger partial charge < -0.3 is 0 Å². The van der Waals surface area contributed by atoms with Crippen molar-refractivity contribution in [3.8, 4) is 0 Å². The lowest BCUT2D eigenvalue weighted by Crippen LogP contribution is -2.49. The van der Waals surface area contributed by atoms with Crippen LogP contribution in [0, 0.1) is 81.8 Å². The summed E-state index contributed by atoms with van der Waals surface area (Å²) in [4.78, 5) is 30.3. The zero-order valence-corrected chi connectivity index (χ0v) is 37.5. The standard InChI is InChI=1S/C52H92O2/c1-9-11-13-15-17-19-21-23-25-27-29-41-45-39-33-31-37(51(3,4)5)35-43(39)50(54)48(45)42(30-28-26-24-22-20-18-16-14-12-10-2)46-40-34-32-38(52(6,7)8)36-44(40)49(53)47(41)46/h37-48H,9-36H2,1-8H3. The van der Waals surface area contributed by atoms with E-state index in [4.69, 9.17) is 0 Å². The monoisotopic (exact) mass is 749 g/mol. The third-order valence-electron chi connectivity index (χ3n) is 17.2. The van der Waals surface area contributed by atoms with Crippen LogP contribution in [0.4, 0.5) is 0 Å². The van der Waals surface area contributed by atoms with Crippen molar-refractivity contribution < 1.29 is 9.59 Å². The highest BCUT2D eigenvalue weighted by Gasteiger charge is 2.67. The van der Waals surface area contributed by atoms with E-state index in [0.29, 0.717) is 58.9 Å². The highest BCUT2D eigenvalue weighted by molar-refractivity contribution is 5.90. The number of Topliss-reactive ketones (excluding diaryl/α,β-unsaturated/α-hetero) is 2. The summed E-state index contributed by atoms with van der Waals surface area (Å²) in [5.74, 6) is 6.73. The Labute approximate surface area is 337 Å². The molecule has 312 valence electrons. The summed E-state index contributed by atoms with van der Waals surface area (Å²) in [5, 5.41) is 0. The molecule has 0 aromatic rings. The van der Waals surface area contributed by atoms with E-state index in [-0.39, 0.29) is 34.5 Å². The van der Waals surface area contributed by atoms with Crippen molar-refractivity contribution in [2.75, 3.05) is 0 Å². The smallest absolute Gasteiger partial charge is 0.139 e. The van der Waals surface area contributed by atoms with E-state index in [9.17, 15) is 0 Å². The molecule has 0 aliphatic heterocycles. The molecule has 0 spiro atoms. The number of carbonyl (C=O) groups is 2. The van der Waals surface area contributed by atoms with Gasteiger partial charge in [-0.05, 0) is 110 Å². The lowest BCUT2D eigenvalue weighted by Gasteiger charge is -2.51. The van der Waals surface area contributed by atoms with Crippen LogP contribution in [0.3, 0.4) is 0 Å². The molecule has 0 N–H and O–H groups in total. The van der Waals surface area contributed by atoms with Gasteiger partial charge in [0.15, 0.2) is 0 Å². The van der Waals surface area contributed by atoms with Crippen LogP contribution < -0.4 is 0 Å². The molecule has 54 heavy (non-hydrogen) atoms. The van der Waals surface area contributed by atoms with Crippen LogP contribution in [0.5, 0.6) is 0 Å². The molecule has 5 aliphatic rings. The van der Waals surface area contributed by atoms with E-state index < -0.39 is 0 Å². The Morgan fingerprint density at radius 2 is 0.722 bits per heavy atom. The third-order valence-corrected chi connectivity index (χ3v) is 17.2. The van der Waals surface area contributed by atoms with Gasteiger partial charge in [0.2, 0.25) is 0 Å². The van der Waals surface area contributed by atoms with Crippen molar-refractivity contribution in [1.82, 2.24) is 0 Å². The van der Waals surface area contributed by atoms with Gasteiger partial charge >= 0.3 is 0 Å². The average molecular weight is 749 g/mol. The summed E-state index contributed by atoms with van der Waals surface area (Å²) in [6, 6.07) is 0. The largest absolute Gasteiger partial charge is 0.299 e. The molecular weight excluding hydrogens is 657 g/mol. The molecule has 5 aliphatic carbocycles. The molecule has 0 radical (unpaired) electrons. The van der Waals surface area contributed by atoms with Gasteiger partial charge in [0.25, 0.3) is 0 Å². The Balaban J connectivity index is 1.34. The van der Waals surface area contributed by atoms with Crippen LogP contribution in [-0.4, -0.2) is 11.6 Å². The van der Waals surface area contributed by atoms with Crippen LogP contribution in [0.25, 0.3) is 0 Å². The second kappa shape index (κ2) is 20.9. The molecule has 5 fully saturated rings. The van der Waals surface area contributed by atoms with Crippen LogP contribution in [-0.2, 0) is 9.59 Å². The number of hydrogen-bond acceptors (Lipinski definition) is 2. The van der Waals surface area contributed by atoms with Crippen LogP contribution in [0.1, 0.15) is 235 Å². The zero-order valence-electron chi connectivity index (χ0n) is 37.5. The Kier molecular flexibility index (Phi) is 17.2. The van der Waals surface area contributed by atoms with Crippen molar-refractivity contribution in [2.45, 2.75) is 235 Å². The van der Waals surface area contributed by atoms with Crippen LogP contribution >= 0.6 is 0 Å². The number of ketones is 2. The molecule has 0 bridgehead atoms. The SMILES string of the molecule is CCCCCCCCCCCCC1C2C(=O)C3CC(C(C)(C)C)CCC3C2C(CCCCCCCCCCCC)C2C(=O)C3CC(C(C)(C)C)CCC3C12. The molecule has 12 unspecified atom stereocenters. The molecule has 2 nitrogen and oxygen atoms in total. The van der Waals surface area contributed by atoms with E-state index in [1.807, 2.05) is 0 Å². The van der Waals surface area contributed by atoms with E-state index in [2.05, 4.69) is 55.4 Å². The summed E-state index contributed by atoms with van der Waals surface area (Å²) >= 11 is 0. The van der Waals surface area contributed by atoms with Crippen molar-refractivity contribution in [3.63, 3.8) is 0 Å². The van der Waals surface area contributed by atoms with Gasteiger partial charge in [0.1, 0.15) is 11.6 Å². The quantitative estimate of drug-likeness (QED) is 0.103. The first kappa shape index (κ1) is 44.4. The second-order valence-corrected chi connectivity index (χ2v) is 22.6. The number of unbranched alkanes of at least 4 members (excludes halogenated alkanes) is 18. The van der Waals surface area contributed by atoms with E-state index in [1.165, 1.54) is 167 Å². The lowest BCUT2D eigenvalue weighted by atomic mass is 9.52. The van der Waals surface area contributed by atoms with Gasteiger partial charge in [-0.25, -0.2) is 0 Å². The Morgan fingerprint density at radius 3 is 1.02 bits per heavy atom. The maximum atomic E-state index is 15.2. The molecule has 0 saturated heterocycles. The van der Waals surface area contributed by atoms with Crippen molar-refractivity contribution in [2.24, 2.45) is 81.8 Å². The summed E-state index contributed by atoms with van der Waals surface area (Å²) in [5.41, 5.74) is 0.546. The molecule has 0 heterocycles. The summed E-state index contributed by atoms with van der Waals surface area (Å²) in [6.45, 7) is 19.1. The van der Waals surface area contributed by atoms with E-state index in [0.717, 1.165) is 12.8 Å². The molecule has 0 amide bonds. The predicted octanol–water partition coefficient (Wildman–Crippen LogP) is 15.6. The van der Waals surface area contributed by atoms with Gasteiger partial charge in [-0.3, -0.25) is 9.59 Å². The van der Waals surface area contributed by atoms with Crippen LogP contribution in [0.2, 0.25) is 0 Å². The minimum Gasteiger partial charge on any atom is -0.299 e. The second-order valence-electron chi connectivity index (χ2n) is 22.6. The predicted molar refractivity (Wildman–Crippen MR) is 231 cm³/mol. The molecule has 0 aromatic heterocycles. The normalized spacial score (nSPS) is 35.2. The fourth-order valence-corrected chi connectivity index (χ4v) is 14.1. The average Bonchev–Trinajstić information content (AvgIpc) is 3.59. The zero-order chi connectivity index (χ0) is 38.9. The number of carbonyl (C=O) groups excluding carboxylic acids is 2. The first-order valence-corrected chi connectivity index (χ1v) is 25.0. The Morgan fingerprint density at radius 1 is 0.426 bits per heavy atom. The van der Waals surface area contributed by atoms with Crippen molar-refractivity contribution in [1.29, 1.82) is 0 Å². The lowest BCUT2D eigenvalue weighted by molar-refractivity contribution is -0.136. The molecule has 12 atom stereocenters. The van der Waals surface area contributed by atoms with Crippen LogP contribution in [0.15, 0.2) is 0 Å². The number of hydrogen-bond donors (Lipinski definition) is 0. The fraction of sp³-hybridized carbons (Fsp3) is 0.962. The molecule has 5 rings (SSSR count). The first-order valence-electron chi connectivity index (χ1n) is 25.0. The van der Waals surface area contributed by atoms with Gasteiger partial charge in [0.05, 0.1) is 0 Å². The minimum atomic E-state index is 0.249. The number of rotatable bonds is 22. The van der Waals surface area contributed by atoms with Gasteiger partial charge in [0, 0.05) is 23.7 Å². The third kappa shape index (κ3) is 10.9. The van der Waals surface area contributed by atoms with Gasteiger partial charge in [-0.1, -0.05) is 184 Å². The minimum absolute atomic E-state index is 0.249. The maximum Gasteiger partial charge on any atom is 0.139 e. The van der Waals surface area contributed by atoms with E-state index >= 15 is 9.59 Å². The molecule has 0 aromatic carbocycles. The molecule has 2 heteroatoms. The summed E-state index contributed by atoms with van der Waals surface area (Å²) in [6.07, 6.45) is 37.1. The topological polar surface area (TPSA) is 34.1 Å². The maximum absolute atomic E-state index is 15.2. The number of fused-ring (bicyclic) bond motifs is 6. The van der Waals surface area contributed by atoms with Gasteiger partial charge in [-0.15, -0.1) is 0 Å². The first-order chi connectivity index (χ1) is 25.9. The van der Waals surface area contributed by atoms with Gasteiger partial charge in [-0.2, -0.15) is 0 Å². The fourth-order valence-electron chi connectivity index (χ4n) is 14.1. The van der Waals surface area contributed by atoms with E-state index in [1.54, 1.807) is 0 Å². The highest BCUT2D eigenvalue weighted by Crippen LogP contribution is 2.68. The highest BCUT2D eigenvalue weighted by atomic mass is 16.1. The molecular formula is C52H92O2. The molecule has 5 saturated carbocycles. The van der Waals surface area contributed by atoms with Crippen molar-refractivity contribution >= 4 is 11.6 Å². The summed E-state index contributed by atoms with van der Waals surface area (Å²) in [7, 11) is 0. The Hall–Kier alpha value is -0.660.